The molecule has 0 aromatic heterocycles. The fourth-order valence-corrected chi connectivity index (χ4v) is 2.57. The summed E-state index contributed by atoms with van der Waals surface area (Å²) < 4.78 is 5.76. The molecule has 0 spiro atoms. The third-order valence-corrected chi connectivity index (χ3v) is 3.78. The highest BCUT2D eigenvalue weighted by atomic mass is 35.5. The maximum absolute atomic E-state index is 6.29. The Morgan fingerprint density at radius 1 is 1.14 bits per heavy atom. The van der Waals surface area contributed by atoms with Gasteiger partial charge in [-0.15, -0.1) is 0 Å². The zero-order valence-electron chi connectivity index (χ0n) is 12.2. The predicted octanol–water partition coefficient (Wildman–Crippen LogP) is 5.24. The van der Waals surface area contributed by atoms with Crippen LogP contribution in [0.25, 0.3) is 0 Å². The number of hydrogen-bond donors (Lipinski definition) is 1. The zero-order chi connectivity index (χ0) is 15.2. The molecular weight excluding hydrogens is 305 g/mol. The average Bonchev–Trinajstić information content (AvgIpc) is 2.46. The van der Waals surface area contributed by atoms with E-state index >= 15 is 0 Å². The summed E-state index contributed by atoms with van der Waals surface area (Å²) in [5.41, 5.74) is 2.17. The van der Waals surface area contributed by atoms with Gasteiger partial charge in [-0.2, -0.15) is 0 Å². The van der Waals surface area contributed by atoms with Crippen LogP contribution in [0.2, 0.25) is 10.0 Å². The molecule has 2 aromatic rings. The van der Waals surface area contributed by atoms with Gasteiger partial charge in [0, 0.05) is 11.1 Å². The van der Waals surface area contributed by atoms with E-state index in [9.17, 15) is 0 Å². The highest BCUT2D eigenvalue weighted by Gasteiger charge is 2.08. The molecule has 21 heavy (non-hydrogen) atoms. The first-order chi connectivity index (χ1) is 10.1. The summed E-state index contributed by atoms with van der Waals surface area (Å²) in [6.07, 6.45) is 0. The molecule has 0 aliphatic rings. The van der Waals surface area contributed by atoms with E-state index in [1.807, 2.05) is 42.5 Å². The SMILES string of the molecule is CCNC(C)c1ccc(OCc2cccc(Cl)c2)c(Cl)c1. The number of nitrogens with one attached hydrogen (secondary N) is 1. The Hall–Kier alpha value is -1.22. The van der Waals surface area contributed by atoms with E-state index in [2.05, 4.69) is 19.2 Å². The highest BCUT2D eigenvalue weighted by molar-refractivity contribution is 6.32. The average molecular weight is 324 g/mol. The van der Waals surface area contributed by atoms with E-state index < -0.39 is 0 Å². The van der Waals surface area contributed by atoms with E-state index in [0.29, 0.717) is 22.4 Å². The van der Waals surface area contributed by atoms with Gasteiger partial charge in [-0.1, -0.05) is 48.3 Å². The largest absolute Gasteiger partial charge is 0.487 e. The summed E-state index contributed by atoms with van der Waals surface area (Å²) in [7, 11) is 0. The van der Waals surface area contributed by atoms with Crippen LogP contribution in [0.3, 0.4) is 0 Å². The quantitative estimate of drug-likeness (QED) is 0.784. The molecule has 0 saturated carbocycles. The minimum atomic E-state index is 0.273. The standard InChI is InChI=1S/C17H19Cl2NO/c1-3-20-12(2)14-7-8-17(16(19)10-14)21-11-13-5-4-6-15(18)9-13/h4-10,12,20H,3,11H2,1-2H3. The van der Waals surface area contributed by atoms with Gasteiger partial charge >= 0.3 is 0 Å². The lowest BCUT2D eigenvalue weighted by Gasteiger charge is -2.15. The second-order valence-corrected chi connectivity index (χ2v) is 5.73. The molecule has 112 valence electrons. The van der Waals surface area contributed by atoms with Crippen molar-refractivity contribution >= 4 is 23.2 Å². The second kappa shape index (κ2) is 7.69. The molecule has 0 fully saturated rings. The summed E-state index contributed by atoms with van der Waals surface area (Å²) in [6.45, 7) is 5.57. The van der Waals surface area contributed by atoms with Gasteiger partial charge in [-0.05, 0) is 48.9 Å². The summed E-state index contributed by atoms with van der Waals surface area (Å²) in [6, 6.07) is 13.8. The van der Waals surface area contributed by atoms with Crippen LogP contribution in [-0.4, -0.2) is 6.54 Å². The van der Waals surface area contributed by atoms with E-state index in [1.165, 1.54) is 0 Å². The van der Waals surface area contributed by atoms with Crippen LogP contribution in [0.5, 0.6) is 5.75 Å². The molecule has 0 radical (unpaired) electrons. The number of hydrogen-bond acceptors (Lipinski definition) is 2. The van der Waals surface area contributed by atoms with Crippen molar-refractivity contribution in [2.75, 3.05) is 6.54 Å². The minimum Gasteiger partial charge on any atom is -0.487 e. The third-order valence-electron chi connectivity index (χ3n) is 3.25. The fourth-order valence-electron chi connectivity index (χ4n) is 2.12. The summed E-state index contributed by atoms with van der Waals surface area (Å²) >= 11 is 12.2. The fraction of sp³-hybridized carbons (Fsp3) is 0.294. The molecule has 0 saturated heterocycles. The number of benzene rings is 2. The predicted molar refractivity (Wildman–Crippen MR) is 89.3 cm³/mol. The lowest BCUT2D eigenvalue weighted by molar-refractivity contribution is 0.306. The van der Waals surface area contributed by atoms with E-state index in [1.54, 1.807) is 0 Å². The van der Waals surface area contributed by atoms with Gasteiger partial charge in [0.2, 0.25) is 0 Å². The van der Waals surface area contributed by atoms with Gasteiger partial charge in [0.1, 0.15) is 12.4 Å². The summed E-state index contributed by atoms with van der Waals surface area (Å²) in [4.78, 5) is 0. The molecule has 4 heteroatoms. The van der Waals surface area contributed by atoms with Gasteiger partial charge < -0.3 is 10.1 Å². The van der Waals surface area contributed by atoms with Crippen LogP contribution >= 0.6 is 23.2 Å². The first-order valence-electron chi connectivity index (χ1n) is 7.00. The van der Waals surface area contributed by atoms with Gasteiger partial charge in [-0.3, -0.25) is 0 Å². The Morgan fingerprint density at radius 2 is 1.95 bits per heavy atom. The Kier molecular flexibility index (Phi) is 5.92. The van der Waals surface area contributed by atoms with Gasteiger partial charge in [0.25, 0.3) is 0 Å². The maximum atomic E-state index is 6.29. The normalized spacial score (nSPS) is 12.2. The molecule has 0 aliphatic heterocycles. The molecule has 2 aromatic carbocycles. The number of ether oxygens (including phenoxy) is 1. The van der Waals surface area contributed by atoms with E-state index in [-0.39, 0.29) is 6.04 Å². The third kappa shape index (κ3) is 4.63. The van der Waals surface area contributed by atoms with Crippen molar-refractivity contribution in [3.05, 3.63) is 63.6 Å². The van der Waals surface area contributed by atoms with Crippen LogP contribution in [-0.2, 0) is 6.61 Å². The molecule has 2 rings (SSSR count). The lowest BCUT2D eigenvalue weighted by Crippen LogP contribution is -2.17. The van der Waals surface area contributed by atoms with Crippen LogP contribution in [0, 0.1) is 0 Å². The van der Waals surface area contributed by atoms with Crippen molar-refractivity contribution in [1.82, 2.24) is 5.32 Å². The molecular formula is C17H19Cl2NO. The van der Waals surface area contributed by atoms with Crippen molar-refractivity contribution < 1.29 is 4.74 Å². The van der Waals surface area contributed by atoms with Gasteiger partial charge in [-0.25, -0.2) is 0 Å². The molecule has 2 nitrogen and oxygen atoms in total. The molecule has 0 bridgehead atoms. The molecule has 1 unspecified atom stereocenters. The summed E-state index contributed by atoms with van der Waals surface area (Å²) in [5.74, 6) is 0.684. The first-order valence-corrected chi connectivity index (χ1v) is 7.76. The smallest absolute Gasteiger partial charge is 0.138 e. The van der Waals surface area contributed by atoms with Crippen molar-refractivity contribution in [2.24, 2.45) is 0 Å². The first kappa shape index (κ1) is 16.2. The molecule has 1 atom stereocenters. The van der Waals surface area contributed by atoms with Crippen molar-refractivity contribution in [1.29, 1.82) is 0 Å². The van der Waals surface area contributed by atoms with Gasteiger partial charge in [0.15, 0.2) is 0 Å². The molecule has 0 amide bonds. The Labute approximate surface area is 136 Å². The number of halogens is 2. The Balaban J connectivity index is 2.04. The van der Waals surface area contributed by atoms with Gasteiger partial charge in [0.05, 0.1) is 5.02 Å². The van der Waals surface area contributed by atoms with Crippen molar-refractivity contribution in [3.8, 4) is 5.75 Å². The topological polar surface area (TPSA) is 21.3 Å². The minimum absolute atomic E-state index is 0.273. The maximum Gasteiger partial charge on any atom is 0.138 e. The molecule has 0 aliphatic carbocycles. The van der Waals surface area contributed by atoms with E-state index in [0.717, 1.165) is 17.7 Å². The lowest BCUT2D eigenvalue weighted by atomic mass is 10.1. The second-order valence-electron chi connectivity index (χ2n) is 4.89. The molecule has 1 N–H and O–H groups in total. The Morgan fingerprint density at radius 3 is 2.62 bits per heavy atom. The zero-order valence-corrected chi connectivity index (χ0v) is 13.7. The van der Waals surface area contributed by atoms with Crippen LogP contribution in [0.15, 0.2) is 42.5 Å². The number of rotatable bonds is 6. The monoisotopic (exact) mass is 323 g/mol. The Bertz CT molecular complexity index is 601. The summed E-state index contributed by atoms with van der Waals surface area (Å²) in [5, 5.41) is 4.69. The van der Waals surface area contributed by atoms with Crippen LogP contribution in [0.1, 0.15) is 31.0 Å². The van der Waals surface area contributed by atoms with Crippen LogP contribution in [0.4, 0.5) is 0 Å². The van der Waals surface area contributed by atoms with Crippen LogP contribution < -0.4 is 10.1 Å². The molecule has 0 heterocycles. The van der Waals surface area contributed by atoms with Crippen molar-refractivity contribution in [3.63, 3.8) is 0 Å². The van der Waals surface area contributed by atoms with E-state index in [4.69, 9.17) is 27.9 Å². The highest BCUT2D eigenvalue weighted by Crippen LogP contribution is 2.28. The van der Waals surface area contributed by atoms with Crippen molar-refractivity contribution in [2.45, 2.75) is 26.5 Å².